The van der Waals surface area contributed by atoms with Crippen LogP contribution >= 0.6 is 0 Å². The molecule has 3 rings (SSSR count). The number of fused-ring (bicyclic) bond motifs is 2. The van der Waals surface area contributed by atoms with Crippen molar-refractivity contribution in [3.63, 3.8) is 0 Å². The Hall–Kier alpha value is -1.55. The topological polar surface area (TPSA) is 41.6 Å². The van der Waals surface area contributed by atoms with Crippen molar-refractivity contribution in [3.05, 3.63) is 30.3 Å². The number of morpholine rings is 1. The van der Waals surface area contributed by atoms with E-state index in [-0.39, 0.29) is 18.1 Å². The molecule has 0 aromatic heterocycles. The number of rotatable bonds is 3. The molecule has 1 aromatic rings. The largest absolute Gasteiger partial charge is 0.376 e. The van der Waals surface area contributed by atoms with Crippen LogP contribution in [0.1, 0.15) is 12.8 Å². The average molecular weight is 246 g/mol. The predicted octanol–water partition coefficient (Wildman–Crippen LogP) is 1.49. The van der Waals surface area contributed by atoms with E-state index in [2.05, 4.69) is 5.32 Å². The summed E-state index contributed by atoms with van der Waals surface area (Å²) in [5, 5.41) is 3.16. The van der Waals surface area contributed by atoms with Gasteiger partial charge in [-0.1, -0.05) is 18.2 Å². The molecule has 2 fully saturated rings. The van der Waals surface area contributed by atoms with Crippen molar-refractivity contribution in [1.29, 1.82) is 0 Å². The van der Waals surface area contributed by atoms with Crippen molar-refractivity contribution >= 4 is 11.6 Å². The maximum atomic E-state index is 12.1. The number of amides is 1. The predicted molar refractivity (Wildman–Crippen MR) is 69.4 cm³/mol. The first-order valence-corrected chi connectivity index (χ1v) is 6.53. The first-order chi connectivity index (χ1) is 8.81. The van der Waals surface area contributed by atoms with E-state index < -0.39 is 0 Å². The van der Waals surface area contributed by atoms with Gasteiger partial charge in [-0.25, -0.2) is 0 Å². The maximum Gasteiger partial charge on any atom is 0.242 e. The lowest BCUT2D eigenvalue weighted by molar-refractivity contribution is -0.137. The van der Waals surface area contributed by atoms with Gasteiger partial charge in [0.1, 0.15) is 0 Å². The normalized spacial score (nSPS) is 26.1. The Labute approximate surface area is 107 Å². The second-order valence-electron chi connectivity index (χ2n) is 4.98. The zero-order valence-corrected chi connectivity index (χ0v) is 10.3. The highest BCUT2D eigenvalue weighted by atomic mass is 16.5. The van der Waals surface area contributed by atoms with Gasteiger partial charge in [-0.05, 0) is 25.0 Å². The van der Waals surface area contributed by atoms with E-state index in [1.54, 1.807) is 0 Å². The van der Waals surface area contributed by atoms with Crippen LogP contribution in [0.5, 0.6) is 0 Å². The number of nitrogens with one attached hydrogen (secondary N) is 1. The smallest absolute Gasteiger partial charge is 0.242 e. The fourth-order valence-electron chi connectivity index (χ4n) is 2.66. The summed E-state index contributed by atoms with van der Waals surface area (Å²) in [5.74, 6) is 0.166. The number of hydrogen-bond acceptors (Lipinski definition) is 3. The molecule has 0 radical (unpaired) electrons. The van der Waals surface area contributed by atoms with Gasteiger partial charge >= 0.3 is 0 Å². The molecule has 18 heavy (non-hydrogen) atoms. The van der Waals surface area contributed by atoms with Crippen molar-refractivity contribution in [2.75, 3.05) is 25.0 Å². The third-order valence-corrected chi connectivity index (χ3v) is 3.61. The van der Waals surface area contributed by atoms with Crippen molar-refractivity contribution in [3.8, 4) is 0 Å². The van der Waals surface area contributed by atoms with Gasteiger partial charge in [0.05, 0.1) is 18.8 Å². The van der Waals surface area contributed by atoms with Crippen LogP contribution < -0.4 is 5.32 Å². The molecule has 1 amide bonds. The zero-order valence-electron chi connectivity index (χ0n) is 10.3. The molecule has 2 aliphatic heterocycles. The van der Waals surface area contributed by atoms with Crippen LogP contribution in [0.3, 0.4) is 0 Å². The van der Waals surface area contributed by atoms with Gasteiger partial charge < -0.3 is 15.0 Å². The molecule has 2 heterocycles. The van der Waals surface area contributed by atoms with Crippen LogP contribution in [-0.2, 0) is 9.53 Å². The van der Waals surface area contributed by atoms with Gasteiger partial charge in [0, 0.05) is 18.8 Å². The van der Waals surface area contributed by atoms with Crippen molar-refractivity contribution in [2.24, 2.45) is 0 Å². The summed E-state index contributed by atoms with van der Waals surface area (Å²) in [4.78, 5) is 14.0. The Morgan fingerprint density at radius 1 is 1.22 bits per heavy atom. The third kappa shape index (κ3) is 2.48. The van der Waals surface area contributed by atoms with Gasteiger partial charge in [-0.2, -0.15) is 0 Å². The lowest BCUT2D eigenvalue weighted by Crippen LogP contribution is -2.47. The molecule has 0 aliphatic carbocycles. The molecule has 2 unspecified atom stereocenters. The molecule has 2 atom stereocenters. The minimum absolute atomic E-state index is 0.166. The summed E-state index contributed by atoms with van der Waals surface area (Å²) in [6.45, 7) is 1.88. The second-order valence-corrected chi connectivity index (χ2v) is 4.98. The number of benzene rings is 1. The fraction of sp³-hybridized carbons (Fsp3) is 0.500. The highest BCUT2D eigenvalue weighted by Gasteiger charge is 2.35. The van der Waals surface area contributed by atoms with Gasteiger partial charge in [0.2, 0.25) is 5.91 Å². The third-order valence-electron chi connectivity index (χ3n) is 3.61. The van der Waals surface area contributed by atoms with Crippen LogP contribution in [0.25, 0.3) is 0 Å². The second kappa shape index (κ2) is 4.98. The summed E-state index contributed by atoms with van der Waals surface area (Å²) in [6, 6.07) is 9.82. The number of carbonyl (C=O) groups is 1. The minimum atomic E-state index is 0.166. The number of anilines is 1. The minimum Gasteiger partial charge on any atom is -0.376 e. The molecule has 4 nitrogen and oxygen atoms in total. The van der Waals surface area contributed by atoms with Crippen LogP contribution in [0.4, 0.5) is 5.69 Å². The van der Waals surface area contributed by atoms with Crippen LogP contribution in [0, 0.1) is 0 Å². The maximum absolute atomic E-state index is 12.1. The van der Waals surface area contributed by atoms with Gasteiger partial charge in [0.15, 0.2) is 0 Å². The Kier molecular flexibility index (Phi) is 3.19. The number of para-hydroxylation sites is 1. The van der Waals surface area contributed by atoms with Crippen LogP contribution in [0.2, 0.25) is 0 Å². The van der Waals surface area contributed by atoms with Gasteiger partial charge in [-0.3, -0.25) is 4.79 Å². The van der Waals surface area contributed by atoms with Gasteiger partial charge in [-0.15, -0.1) is 0 Å². The summed E-state index contributed by atoms with van der Waals surface area (Å²) in [6.07, 6.45) is 2.73. The van der Waals surface area contributed by atoms with Gasteiger partial charge in [0.25, 0.3) is 0 Å². The molecule has 96 valence electrons. The molecular weight excluding hydrogens is 228 g/mol. The highest BCUT2D eigenvalue weighted by molar-refractivity contribution is 5.81. The molecular formula is C14H18N2O2. The lowest BCUT2D eigenvalue weighted by atomic mass is 10.2. The molecule has 0 spiro atoms. The number of nitrogens with zero attached hydrogens (tertiary/aromatic N) is 1. The lowest BCUT2D eigenvalue weighted by Gasteiger charge is -2.32. The molecule has 0 saturated carbocycles. The average Bonchev–Trinajstić information content (AvgIpc) is 2.76. The Morgan fingerprint density at radius 2 is 1.89 bits per heavy atom. The summed E-state index contributed by atoms with van der Waals surface area (Å²) in [7, 11) is 0. The number of likely N-dealkylation sites (tertiary alicyclic amines) is 1. The van der Waals surface area contributed by atoms with Crippen molar-refractivity contribution in [1.82, 2.24) is 4.90 Å². The quantitative estimate of drug-likeness (QED) is 0.878. The molecule has 4 heteroatoms. The van der Waals surface area contributed by atoms with Crippen LogP contribution in [0.15, 0.2) is 30.3 Å². The number of carbonyl (C=O) groups excluding carboxylic acids is 1. The Balaban J connectivity index is 1.53. The van der Waals surface area contributed by atoms with E-state index in [9.17, 15) is 4.79 Å². The Bertz CT molecular complexity index is 409. The van der Waals surface area contributed by atoms with E-state index in [1.165, 1.54) is 0 Å². The number of ether oxygens (including phenoxy) is 1. The van der Waals surface area contributed by atoms with Crippen LogP contribution in [-0.4, -0.2) is 42.6 Å². The first kappa shape index (κ1) is 11.5. The summed E-state index contributed by atoms with van der Waals surface area (Å²) >= 11 is 0. The van der Waals surface area contributed by atoms with E-state index >= 15 is 0 Å². The molecule has 1 N–H and O–H groups in total. The van der Waals surface area contributed by atoms with E-state index in [0.29, 0.717) is 6.54 Å². The SMILES string of the molecule is O=C(CNc1ccccc1)N1CC2CCC(C1)O2. The molecule has 2 saturated heterocycles. The van der Waals surface area contributed by atoms with E-state index in [1.807, 2.05) is 35.2 Å². The molecule has 1 aromatic carbocycles. The Morgan fingerprint density at radius 3 is 2.56 bits per heavy atom. The summed E-state index contributed by atoms with van der Waals surface area (Å²) in [5.41, 5.74) is 0.988. The van der Waals surface area contributed by atoms with Crippen molar-refractivity contribution in [2.45, 2.75) is 25.0 Å². The molecule has 2 bridgehead atoms. The zero-order chi connectivity index (χ0) is 12.4. The summed E-state index contributed by atoms with van der Waals surface area (Å²) < 4.78 is 5.73. The highest BCUT2D eigenvalue weighted by Crippen LogP contribution is 2.26. The van der Waals surface area contributed by atoms with E-state index in [4.69, 9.17) is 4.74 Å². The molecule has 2 aliphatic rings. The fourth-order valence-corrected chi connectivity index (χ4v) is 2.66. The first-order valence-electron chi connectivity index (χ1n) is 6.53. The number of hydrogen-bond donors (Lipinski definition) is 1. The monoisotopic (exact) mass is 246 g/mol. The van der Waals surface area contributed by atoms with Crippen molar-refractivity contribution < 1.29 is 9.53 Å². The standard InChI is InChI=1S/C14H18N2O2/c17-14(8-15-11-4-2-1-3-5-11)16-9-12-6-7-13(10-16)18-12/h1-5,12-13,15H,6-10H2. The van der Waals surface area contributed by atoms with E-state index in [0.717, 1.165) is 31.6 Å².